The number of benzene rings is 2. The molecule has 1 aliphatic rings. The van der Waals surface area contributed by atoms with Crippen LogP contribution in [0.1, 0.15) is 12.0 Å². The second-order valence-electron chi connectivity index (χ2n) is 7.32. The maximum Gasteiger partial charge on any atom is 0.151 e. The van der Waals surface area contributed by atoms with Gasteiger partial charge in [0.25, 0.3) is 0 Å². The van der Waals surface area contributed by atoms with Gasteiger partial charge in [-0.2, -0.15) is 5.10 Å². The van der Waals surface area contributed by atoms with Crippen molar-refractivity contribution in [3.8, 4) is 29.3 Å². The van der Waals surface area contributed by atoms with Crippen LogP contribution in [0.4, 0.5) is 0 Å². The molecule has 1 fully saturated rings. The minimum atomic E-state index is -2.98. The zero-order valence-corrected chi connectivity index (χ0v) is 16.9. The number of hydrogen-bond acceptors (Lipinski definition) is 4. The summed E-state index contributed by atoms with van der Waals surface area (Å²) in [6.45, 7) is 0.965. The monoisotopic (exact) mass is 405 g/mol. The molecular formula is C23H23N3O2S. The fraction of sp³-hybridized carbons (Fsp3) is 0.261. The lowest BCUT2D eigenvalue weighted by Gasteiger charge is -2.25. The summed E-state index contributed by atoms with van der Waals surface area (Å²) in [5.74, 6) is 3.09. The Morgan fingerprint density at radius 1 is 1.10 bits per heavy atom. The zero-order valence-electron chi connectivity index (χ0n) is 16.1. The molecule has 6 heteroatoms. The Kier molecular flexibility index (Phi) is 5.52. The first-order valence-electron chi connectivity index (χ1n) is 9.63. The van der Waals surface area contributed by atoms with Crippen molar-refractivity contribution >= 4 is 9.84 Å². The highest BCUT2D eigenvalue weighted by Crippen LogP contribution is 2.27. The minimum absolute atomic E-state index is 0.0558. The highest BCUT2D eigenvalue weighted by atomic mass is 32.2. The molecule has 0 amide bonds. The summed E-state index contributed by atoms with van der Waals surface area (Å²) in [6.07, 6.45) is 8.24. The van der Waals surface area contributed by atoms with Gasteiger partial charge in [0.1, 0.15) is 0 Å². The fourth-order valence-corrected chi connectivity index (χ4v) is 5.55. The third-order valence-corrected chi connectivity index (χ3v) is 7.00. The lowest BCUT2D eigenvalue weighted by Crippen LogP contribution is -2.36. The van der Waals surface area contributed by atoms with E-state index < -0.39 is 9.84 Å². The second-order valence-corrected chi connectivity index (χ2v) is 9.54. The summed E-state index contributed by atoms with van der Waals surface area (Å²) in [5.41, 5.74) is 3.91. The largest absolute Gasteiger partial charge is 0.284 e. The third kappa shape index (κ3) is 4.42. The first-order valence-corrected chi connectivity index (χ1v) is 11.5. The van der Waals surface area contributed by atoms with Crippen molar-refractivity contribution in [2.75, 3.05) is 18.1 Å². The van der Waals surface area contributed by atoms with E-state index in [-0.39, 0.29) is 17.5 Å². The predicted molar refractivity (Wildman–Crippen MR) is 115 cm³/mol. The van der Waals surface area contributed by atoms with Gasteiger partial charge in [-0.25, -0.2) is 13.1 Å². The number of aromatic nitrogens is 2. The van der Waals surface area contributed by atoms with Gasteiger partial charge in [-0.15, -0.1) is 6.42 Å². The molecule has 5 nitrogen and oxygen atoms in total. The minimum Gasteiger partial charge on any atom is -0.284 e. The van der Waals surface area contributed by atoms with E-state index in [9.17, 15) is 8.42 Å². The van der Waals surface area contributed by atoms with Gasteiger partial charge < -0.3 is 0 Å². The molecule has 0 spiro atoms. The van der Waals surface area contributed by atoms with E-state index in [0.29, 0.717) is 19.5 Å². The van der Waals surface area contributed by atoms with E-state index >= 15 is 0 Å². The number of terminal acetylenes is 1. The first-order chi connectivity index (χ1) is 14.1. The number of sulfone groups is 1. The third-order valence-electron chi connectivity index (χ3n) is 5.25. The fourth-order valence-electron chi connectivity index (χ4n) is 3.79. The van der Waals surface area contributed by atoms with Crippen LogP contribution in [0, 0.1) is 12.3 Å². The highest BCUT2D eigenvalue weighted by molar-refractivity contribution is 7.91. The van der Waals surface area contributed by atoms with Crippen LogP contribution < -0.4 is 0 Å². The van der Waals surface area contributed by atoms with Gasteiger partial charge in [-0.1, -0.05) is 54.5 Å². The standard InChI is InChI=1S/C23H23N3O2S/c1-2-14-25(22-13-15-29(27,28)18-22)16-20-17-26(21-11-7-4-8-12-21)24-23(20)19-9-5-3-6-10-19/h1,3-12,17,22H,13-16,18H2. The first kappa shape index (κ1) is 19.4. The summed E-state index contributed by atoms with van der Waals surface area (Å²) < 4.78 is 25.8. The van der Waals surface area contributed by atoms with Gasteiger partial charge in [-0.05, 0) is 18.6 Å². The van der Waals surface area contributed by atoms with E-state index in [2.05, 4.69) is 10.8 Å². The number of rotatable bonds is 6. The quantitative estimate of drug-likeness (QED) is 0.591. The SMILES string of the molecule is C#CCN(Cc1cn(-c2ccccc2)nc1-c1ccccc1)C1CCS(=O)(=O)C1. The molecule has 0 radical (unpaired) electrons. The van der Waals surface area contributed by atoms with Crippen LogP contribution in [-0.4, -0.2) is 47.2 Å². The molecule has 0 aliphatic carbocycles. The van der Waals surface area contributed by atoms with Gasteiger partial charge in [0, 0.05) is 29.9 Å². The van der Waals surface area contributed by atoms with Crippen LogP contribution in [0.3, 0.4) is 0 Å². The molecule has 29 heavy (non-hydrogen) atoms. The van der Waals surface area contributed by atoms with Crippen LogP contribution in [0.2, 0.25) is 0 Å². The van der Waals surface area contributed by atoms with Crippen molar-refractivity contribution in [2.45, 2.75) is 19.0 Å². The van der Waals surface area contributed by atoms with Crippen molar-refractivity contribution < 1.29 is 8.42 Å². The maximum atomic E-state index is 12.0. The summed E-state index contributed by atoms with van der Waals surface area (Å²) >= 11 is 0. The summed E-state index contributed by atoms with van der Waals surface area (Å²) in [5, 5.41) is 4.84. The molecule has 1 saturated heterocycles. The van der Waals surface area contributed by atoms with Crippen LogP contribution in [0.15, 0.2) is 66.9 Å². The molecule has 1 unspecified atom stereocenters. The van der Waals surface area contributed by atoms with Crippen molar-refractivity contribution in [3.63, 3.8) is 0 Å². The highest BCUT2D eigenvalue weighted by Gasteiger charge is 2.32. The summed E-state index contributed by atoms with van der Waals surface area (Å²) in [7, 11) is -2.98. The van der Waals surface area contributed by atoms with Gasteiger partial charge >= 0.3 is 0 Å². The number of hydrogen-bond donors (Lipinski definition) is 0. The Morgan fingerprint density at radius 3 is 2.41 bits per heavy atom. The van der Waals surface area contributed by atoms with Crippen molar-refractivity contribution in [1.82, 2.24) is 14.7 Å². The molecule has 1 atom stereocenters. The van der Waals surface area contributed by atoms with Crippen molar-refractivity contribution in [2.24, 2.45) is 0 Å². The molecule has 4 rings (SSSR count). The molecule has 0 bridgehead atoms. The molecule has 2 heterocycles. The molecular weight excluding hydrogens is 382 g/mol. The van der Waals surface area contributed by atoms with Gasteiger partial charge in [0.05, 0.1) is 29.4 Å². The number of para-hydroxylation sites is 1. The lowest BCUT2D eigenvalue weighted by molar-refractivity contribution is 0.230. The normalized spacial score (nSPS) is 18.0. The molecule has 3 aromatic rings. The van der Waals surface area contributed by atoms with Gasteiger partial charge in [0.15, 0.2) is 9.84 Å². The average molecular weight is 406 g/mol. The Balaban J connectivity index is 1.71. The maximum absolute atomic E-state index is 12.0. The van der Waals surface area contributed by atoms with Crippen LogP contribution in [0.5, 0.6) is 0 Å². The van der Waals surface area contributed by atoms with Gasteiger partial charge in [0.2, 0.25) is 0 Å². The zero-order chi connectivity index (χ0) is 20.3. The van der Waals surface area contributed by atoms with Crippen LogP contribution in [0.25, 0.3) is 16.9 Å². The van der Waals surface area contributed by atoms with E-state index in [4.69, 9.17) is 11.5 Å². The smallest absolute Gasteiger partial charge is 0.151 e. The summed E-state index contributed by atoms with van der Waals surface area (Å²) in [6, 6.07) is 19.9. The molecule has 0 N–H and O–H groups in total. The molecule has 2 aromatic carbocycles. The average Bonchev–Trinajstić information content (AvgIpc) is 3.32. The van der Waals surface area contributed by atoms with Crippen LogP contribution >= 0.6 is 0 Å². The second kappa shape index (κ2) is 8.24. The Bertz CT molecular complexity index is 1120. The van der Waals surface area contributed by atoms with Crippen LogP contribution in [-0.2, 0) is 16.4 Å². The number of nitrogens with zero attached hydrogens (tertiary/aromatic N) is 3. The molecule has 1 aliphatic heterocycles. The molecule has 148 valence electrons. The predicted octanol–water partition coefficient (Wildman–Crippen LogP) is 3.16. The molecule has 1 aromatic heterocycles. The lowest BCUT2D eigenvalue weighted by atomic mass is 10.1. The van der Waals surface area contributed by atoms with Crippen molar-refractivity contribution in [1.29, 1.82) is 0 Å². The van der Waals surface area contributed by atoms with E-state index in [1.54, 1.807) is 0 Å². The van der Waals surface area contributed by atoms with E-state index in [0.717, 1.165) is 22.5 Å². The van der Waals surface area contributed by atoms with Crippen molar-refractivity contribution in [3.05, 3.63) is 72.4 Å². The van der Waals surface area contributed by atoms with E-state index in [1.807, 2.05) is 71.5 Å². The topological polar surface area (TPSA) is 55.2 Å². The Labute approximate surface area is 171 Å². The molecule has 0 saturated carbocycles. The Morgan fingerprint density at radius 2 is 1.79 bits per heavy atom. The Hall–Kier alpha value is -2.88. The van der Waals surface area contributed by atoms with E-state index in [1.165, 1.54) is 0 Å². The summed E-state index contributed by atoms with van der Waals surface area (Å²) in [4.78, 5) is 2.09. The van der Waals surface area contributed by atoms with Gasteiger partial charge in [-0.3, -0.25) is 4.90 Å².